The summed E-state index contributed by atoms with van der Waals surface area (Å²) in [6.45, 7) is 0.865. The first kappa shape index (κ1) is 12.3. The first-order valence-corrected chi connectivity index (χ1v) is 5.50. The van der Waals surface area contributed by atoms with Crippen molar-refractivity contribution in [3.63, 3.8) is 0 Å². The number of primary amides is 1. The van der Waals surface area contributed by atoms with E-state index in [1.165, 1.54) is 6.08 Å². The van der Waals surface area contributed by atoms with Crippen LogP contribution in [0.1, 0.15) is 5.56 Å². The lowest BCUT2D eigenvalue weighted by atomic mass is 10.1. The average molecular weight is 265 g/mol. The summed E-state index contributed by atoms with van der Waals surface area (Å²) in [5, 5.41) is 9.12. The van der Waals surface area contributed by atoms with Gasteiger partial charge in [0.25, 0.3) is 5.91 Å². The third kappa shape index (κ3) is 2.39. The molecule has 1 heterocycles. The van der Waals surface area contributed by atoms with Gasteiger partial charge in [0.05, 0.1) is 5.02 Å². The molecule has 0 fully saturated rings. The summed E-state index contributed by atoms with van der Waals surface area (Å²) in [4.78, 5) is 11.0. The molecular formula is C12H9ClN2O3. The monoisotopic (exact) mass is 264 g/mol. The molecule has 18 heavy (non-hydrogen) atoms. The van der Waals surface area contributed by atoms with Gasteiger partial charge in [0.2, 0.25) is 0 Å². The SMILES string of the molecule is N#C/C(=C\c1cc(Cl)c2c(c1)OCCO2)C(N)=O. The van der Waals surface area contributed by atoms with Crippen molar-refractivity contribution in [3.8, 4) is 17.6 Å². The number of rotatable bonds is 2. The molecular weight excluding hydrogens is 256 g/mol. The van der Waals surface area contributed by atoms with Gasteiger partial charge in [0.1, 0.15) is 24.9 Å². The van der Waals surface area contributed by atoms with Gasteiger partial charge in [-0.25, -0.2) is 0 Å². The molecule has 0 spiro atoms. The number of nitriles is 1. The molecule has 0 aliphatic carbocycles. The Kier molecular flexibility index (Phi) is 3.40. The number of nitrogens with zero attached hydrogens (tertiary/aromatic N) is 1. The summed E-state index contributed by atoms with van der Waals surface area (Å²) < 4.78 is 10.7. The van der Waals surface area contributed by atoms with Gasteiger partial charge in [-0.2, -0.15) is 5.26 Å². The molecule has 92 valence electrons. The highest BCUT2D eigenvalue weighted by atomic mass is 35.5. The van der Waals surface area contributed by atoms with Gasteiger partial charge >= 0.3 is 0 Å². The highest BCUT2D eigenvalue weighted by Crippen LogP contribution is 2.38. The average Bonchev–Trinajstić information content (AvgIpc) is 2.35. The fourth-order valence-electron chi connectivity index (χ4n) is 1.54. The zero-order valence-corrected chi connectivity index (χ0v) is 10.0. The molecule has 6 heteroatoms. The van der Waals surface area contributed by atoms with Crippen molar-refractivity contribution in [2.75, 3.05) is 13.2 Å². The molecule has 0 bridgehead atoms. The van der Waals surface area contributed by atoms with Gasteiger partial charge in [-0.05, 0) is 23.8 Å². The molecule has 1 amide bonds. The van der Waals surface area contributed by atoms with Crippen molar-refractivity contribution in [1.29, 1.82) is 5.26 Å². The normalized spacial score (nSPS) is 13.9. The highest BCUT2D eigenvalue weighted by molar-refractivity contribution is 6.32. The first-order valence-electron chi connectivity index (χ1n) is 5.12. The number of halogens is 1. The lowest BCUT2D eigenvalue weighted by molar-refractivity contribution is -0.114. The van der Waals surface area contributed by atoms with Crippen LogP contribution in [-0.2, 0) is 4.79 Å². The number of carbonyl (C=O) groups excluding carboxylic acids is 1. The van der Waals surface area contributed by atoms with Crippen LogP contribution in [-0.4, -0.2) is 19.1 Å². The Hall–Kier alpha value is -2.19. The lowest BCUT2D eigenvalue weighted by Crippen LogP contribution is -2.16. The molecule has 1 aliphatic heterocycles. The Labute approximate surface area is 108 Å². The summed E-state index contributed by atoms with van der Waals surface area (Å²) in [6.07, 6.45) is 1.35. The van der Waals surface area contributed by atoms with Crippen molar-refractivity contribution >= 4 is 23.6 Å². The van der Waals surface area contributed by atoms with Crippen LogP contribution in [0.25, 0.3) is 6.08 Å². The van der Waals surface area contributed by atoms with Gasteiger partial charge in [-0.15, -0.1) is 0 Å². The third-order valence-electron chi connectivity index (χ3n) is 2.32. The minimum atomic E-state index is -0.788. The Bertz CT molecular complexity index is 575. The summed E-state index contributed by atoms with van der Waals surface area (Å²) in [6, 6.07) is 4.94. The van der Waals surface area contributed by atoms with E-state index in [2.05, 4.69) is 0 Å². The van der Waals surface area contributed by atoms with Crippen molar-refractivity contribution in [2.45, 2.75) is 0 Å². The smallest absolute Gasteiger partial charge is 0.259 e. The van der Waals surface area contributed by atoms with E-state index in [4.69, 9.17) is 32.1 Å². The fourth-order valence-corrected chi connectivity index (χ4v) is 1.81. The number of nitrogens with two attached hydrogens (primary N) is 1. The molecule has 0 radical (unpaired) electrons. The van der Waals surface area contributed by atoms with Gasteiger partial charge in [0.15, 0.2) is 11.5 Å². The van der Waals surface area contributed by atoms with Crippen molar-refractivity contribution < 1.29 is 14.3 Å². The zero-order valence-electron chi connectivity index (χ0n) is 9.27. The first-order chi connectivity index (χ1) is 8.61. The quantitative estimate of drug-likeness (QED) is 0.648. The van der Waals surface area contributed by atoms with Gasteiger partial charge < -0.3 is 15.2 Å². The standard InChI is InChI=1S/C12H9ClN2O3/c13-9-4-7(3-8(6-14)12(15)16)5-10-11(9)18-2-1-17-10/h3-5H,1-2H2,(H2,15,16)/b8-3+. The van der Waals surface area contributed by atoms with E-state index in [1.54, 1.807) is 18.2 Å². The number of carbonyl (C=O) groups is 1. The molecule has 1 aromatic carbocycles. The Morgan fingerprint density at radius 3 is 2.83 bits per heavy atom. The van der Waals surface area contributed by atoms with Gasteiger partial charge in [0, 0.05) is 0 Å². The second kappa shape index (κ2) is 4.98. The number of fused-ring (bicyclic) bond motifs is 1. The molecule has 0 atom stereocenters. The Morgan fingerprint density at radius 1 is 1.44 bits per heavy atom. The number of hydrogen-bond acceptors (Lipinski definition) is 4. The maximum absolute atomic E-state index is 11.0. The van der Waals surface area contributed by atoms with E-state index in [0.29, 0.717) is 35.3 Å². The van der Waals surface area contributed by atoms with Crippen LogP contribution in [0.2, 0.25) is 5.02 Å². The molecule has 0 unspecified atom stereocenters. The molecule has 1 aliphatic rings. The third-order valence-corrected chi connectivity index (χ3v) is 2.60. The van der Waals surface area contributed by atoms with Crippen molar-refractivity contribution in [3.05, 3.63) is 28.3 Å². The molecule has 2 rings (SSSR count). The molecule has 2 N–H and O–H groups in total. The summed E-state index contributed by atoms with van der Waals surface area (Å²) in [5.41, 5.74) is 5.46. The number of ether oxygens (including phenoxy) is 2. The number of amides is 1. The minimum absolute atomic E-state index is 0.150. The lowest BCUT2D eigenvalue weighted by Gasteiger charge is -2.19. The largest absolute Gasteiger partial charge is 0.486 e. The minimum Gasteiger partial charge on any atom is -0.486 e. The second-order valence-corrected chi connectivity index (χ2v) is 3.97. The summed E-state index contributed by atoms with van der Waals surface area (Å²) in [5.74, 6) is 0.169. The molecule has 0 saturated heterocycles. The molecule has 5 nitrogen and oxygen atoms in total. The van der Waals surface area contributed by atoms with Crippen LogP contribution in [0.5, 0.6) is 11.5 Å². The Morgan fingerprint density at radius 2 is 2.17 bits per heavy atom. The number of benzene rings is 1. The maximum atomic E-state index is 11.0. The second-order valence-electron chi connectivity index (χ2n) is 3.56. The predicted molar refractivity (Wildman–Crippen MR) is 65.2 cm³/mol. The maximum Gasteiger partial charge on any atom is 0.259 e. The van der Waals surface area contributed by atoms with Crippen LogP contribution < -0.4 is 15.2 Å². The van der Waals surface area contributed by atoms with Crippen LogP contribution in [0, 0.1) is 11.3 Å². The molecule has 0 aromatic heterocycles. The summed E-state index contributed by atoms with van der Waals surface area (Å²) in [7, 11) is 0. The highest BCUT2D eigenvalue weighted by Gasteiger charge is 2.16. The van der Waals surface area contributed by atoms with E-state index < -0.39 is 5.91 Å². The number of hydrogen-bond donors (Lipinski definition) is 1. The zero-order chi connectivity index (χ0) is 13.1. The molecule has 0 saturated carbocycles. The fraction of sp³-hybridized carbons (Fsp3) is 0.167. The van der Waals surface area contributed by atoms with E-state index in [1.807, 2.05) is 0 Å². The van der Waals surface area contributed by atoms with E-state index in [0.717, 1.165) is 0 Å². The van der Waals surface area contributed by atoms with E-state index in [9.17, 15) is 4.79 Å². The predicted octanol–water partition coefficient (Wildman–Crippen LogP) is 1.50. The van der Waals surface area contributed by atoms with E-state index in [-0.39, 0.29) is 5.57 Å². The van der Waals surface area contributed by atoms with Gasteiger partial charge in [-0.1, -0.05) is 11.6 Å². The van der Waals surface area contributed by atoms with Crippen molar-refractivity contribution in [2.24, 2.45) is 5.73 Å². The Balaban J connectivity index is 2.45. The van der Waals surface area contributed by atoms with Crippen molar-refractivity contribution in [1.82, 2.24) is 0 Å². The van der Waals surface area contributed by atoms with Gasteiger partial charge in [-0.3, -0.25) is 4.79 Å². The summed E-state index contributed by atoms with van der Waals surface area (Å²) >= 11 is 6.02. The van der Waals surface area contributed by atoms with Crippen LogP contribution in [0.3, 0.4) is 0 Å². The topological polar surface area (TPSA) is 85.3 Å². The molecule has 1 aromatic rings. The van der Waals surface area contributed by atoms with Crippen LogP contribution in [0.4, 0.5) is 0 Å². The van der Waals surface area contributed by atoms with Crippen LogP contribution >= 0.6 is 11.6 Å². The van der Waals surface area contributed by atoms with Crippen LogP contribution in [0.15, 0.2) is 17.7 Å². The van der Waals surface area contributed by atoms with E-state index >= 15 is 0 Å².